The number of rotatable bonds is 4. The molecule has 6 nitrogen and oxygen atoms in total. The number of imidazole rings is 1. The first-order valence-corrected chi connectivity index (χ1v) is 9.46. The number of hydrogen-bond donors (Lipinski definition) is 1. The van der Waals surface area contributed by atoms with E-state index in [1.54, 1.807) is 0 Å². The maximum absolute atomic E-state index is 14.0. The highest BCUT2D eigenvalue weighted by atomic mass is 19.4. The van der Waals surface area contributed by atoms with Crippen LogP contribution in [0.5, 0.6) is 0 Å². The van der Waals surface area contributed by atoms with Crippen molar-refractivity contribution in [3.63, 3.8) is 0 Å². The number of carbonyl (C=O) groups is 1. The Labute approximate surface area is 186 Å². The third kappa shape index (κ3) is 4.97. The maximum atomic E-state index is 14.0. The smallest absolute Gasteiger partial charge is 0.323 e. The van der Waals surface area contributed by atoms with Crippen molar-refractivity contribution >= 4 is 17.2 Å². The number of aromatic nitrogens is 4. The Morgan fingerprint density at radius 1 is 1.00 bits per heavy atom. The fraction of sp³-hybridized carbons (Fsp3) is 0.143. The minimum Gasteiger partial charge on any atom is -0.323 e. The summed E-state index contributed by atoms with van der Waals surface area (Å²) in [5, 5.41) is 6.00. The van der Waals surface area contributed by atoms with Crippen molar-refractivity contribution in [2.45, 2.75) is 18.8 Å². The summed E-state index contributed by atoms with van der Waals surface area (Å²) in [6.07, 6.45) is -8.89. The number of carbonyl (C=O) groups excluding carboxylic acids is 1. The third-order valence-electron chi connectivity index (χ3n) is 4.57. The summed E-state index contributed by atoms with van der Waals surface area (Å²) in [6, 6.07) is 8.60. The summed E-state index contributed by atoms with van der Waals surface area (Å²) in [7, 11) is 0. The van der Waals surface area contributed by atoms with E-state index in [0.29, 0.717) is 0 Å². The summed E-state index contributed by atoms with van der Waals surface area (Å²) in [5.41, 5.74) is -1.21. The molecule has 0 aliphatic heterocycles. The fourth-order valence-electron chi connectivity index (χ4n) is 3.16. The number of nitrogens with one attached hydrogen (secondary N) is 1. The molecule has 0 radical (unpaired) electrons. The van der Waals surface area contributed by atoms with E-state index in [-0.39, 0.29) is 28.2 Å². The van der Waals surface area contributed by atoms with Crippen LogP contribution in [0.3, 0.4) is 0 Å². The van der Waals surface area contributed by atoms with Gasteiger partial charge in [0.05, 0.1) is 23.3 Å². The first kappa shape index (κ1) is 23.1. The molecule has 3 heterocycles. The number of anilines is 1. The summed E-state index contributed by atoms with van der Waals surface area (Å²) in [5.74, 6) is -2.40. The van der Waals surface area contributed by atoms with E-state index in [2.05, 4.69) is 15.1 Å². The van der Waals surface area contributed by atoms with Crippen LogP contribution >= 0.6 is 0 Å². The Hall–Kier alpha value is -4.03. The Morgan fingerprint density at radius 3 is 2.47 bits per heavy atom. The van der Waals surface area contributed by atoms with Gasteiger partial charge in [-0.3, -0.25) is 9.78 Å². The molecule has 1 aromatic carbocycles. The van der Waals surface area contributed by atoms with Crippen molar-refractivity contribution < 1.29 is 35.5 Å². The van der Waals surface area contributed by atoms with Gasteiger partial charge in [0, 0.05) is 17.3 Å². The standard InChI is InChI=1S/C21H12F7N5O/c22-13-4-3-11(8-15(13)31-18(34)9-20(23,24)25)16-10-33-17(30-16)6-5-14(32-33)12-2-1-7-29-19(12)21(26,27)28/h1-8,10H,9H2,(H,31,34). The number of fused-ring (bicyclic) bond motifs is 1. The number of nitrogens with zero attached hydrogens (tertiary/aromatic N) is 4. The molecule has 0 unspecified atom stereocenters. The maximum Gasteiger partial charge on any atom is 0.434 e. The molecular weight excluding hydrogens is 471 g/mol. The van der Waals surface area contributed by atoms with Crippen LogP contribution in [0.15, 0.2) is 54.9 Å². The molecule has 0 aliphatic carbocycles. The lowest BCUT2D eigenvalue weighted by Crippen LogP contribution is -2.21. The quantitative estimate of drug-likeness (QED) is 0.389. The van der Waals surface area contributed by atoms with Crippen molar-refractivity contribution in [1.82, 2.24) is 19.6 Å². The second-order valence-electron chi connectivity index (χ2n) is 7.08. The van der Waals surface area contributed by atoms with Crippen LogP contribution in [0.4, 0.5) is 36.4 Å². The Kier molecular flexibility index (Phi) is 5.71. The van der Waals surface area contributed by atoms with Crippen LogP contribution < -0.4 is 5.32 Å². The van der Waals surface area contributed by atoms with Gasteiger partial charge in [-0.05, 0) is 42.5 Å². The minimum absolute atomic E-state index is 0.0314. The number of pyridine rings is 1. The van der Waals surface area contributed by atoms with E-state index in [1.807, 2.05) is 5.32 Å². The van der Waals surface area contributed by atoms with Crippen molar-refractivity contribution in [1.29, 1.82) is 0 Å². The topological polar surface area (TPSA) is 72.2 Å². The van der Waals surface area contributed by atoms with E-state index >= 15 is 0 Å². The molecule has 1 amide bonds. The molecule has 176 valence electrons. The van der Waals surface area contributed by atoms with Gasteiger partial charge in [0.25, 0.3) is 0 Å². The fourth-order valence-corrected chi connectivity index (χ4v) is 3.16. The zero-order valence-electron chi connectivity index (χ0n) is 16.7. The summed E-state index contributed by atoms with van der Waals surface area (Å²) < 4.78 is 92.2. The van der Waals surface area contributed by atoms with Crippen LogP contribution in [-0.2, 0) is 11.0 Å². The Morgan fingerprint density at radius 2 is 1.76 bits per heavy atom. The second kappa shape index (κ2) is 8.39. The second-order valence-corrected chi connectivity index (χ2v) is 7.08. The van der Waals surface area contributed by atoms with E-state index in [4.69, 9.17) is 0 Å². The number of benzene rings is 1. The molecule has 0 spiro atoms. The van der Waals surface area contributed by atoms with Gasteiger partial charge < -0.3 is 5.32 Å². The van der Waals surface area contributed by atoms with Crippen molar-refractivity contribution in [3.05, 3.63) is 66.4 Å². The highest BCUT2D eigenvalue weighted by Crippen LogP contribution is 2.35. The Balaban J connectivity index is 1.68. The minimum atomic E-state index is -4.76. The monoisotopic (exact) mass is 483 g/mol. The lowest BCUT2D eigenvalue weighted by Gasteiger charge is -2.10. The highest BCUT2D eigenvalue weighted by Gasteiger charge is 2.36. The molecule has 0 atom stereocenters. The SMILES string of the molecule is O=C(CC(F)(F)F)Nc1cc(-c2cn3nc(-c4cccnc4C(F)(F)F)ccc3n2)ccc1F. The average molecular weight is 483 g/mol. The van der Waals surface area contributed by atoms with Gasteiger partial charge in [0.2, 0.25) is 5.91 Å². The molecule has 13 heteroatoms. The molecule has 0 saturated heterocycles. The lowest BCUT2D eigenvalue weighted by atomic mass is 10.1. The van der Waals surface area contributed by atoms with Gasteiger partial charge in [-0.15, -0.1) is 0 Å². The molecule has 0 saturated carbocycles. The average Bonchev–Trinajstić information content (AvgIpc) is 3.16. The van der Waals surface area contributed by atoms with E-state index in [9.17, 15) is 35.5 Å². The number of amides is 1. The van der Waals surface area contributed by atoms with Crippen molar-refractivity contribution in [2.24, 2.45) is 0 Å². The van der Waals surface area contributed by atoms with Crippen LogP contribution in [0.1, 0.15) is 12.1 Å². The normalized spacial score (nSPS) is 12.2. The molecule has 4 aromatic rings. The van der Waals surface area contributed by atoms with E-state index in [0.717, 1.165) is 18.3 Å². The van der Waals surface area contributed by atoms with E-state index in [1.165, 1.54) is 41.0 Å². The number of hydrogen-bond acceptors (Lipinski definition) is 4. The molecule has 0 bridgehead atoms. The first-order valence-electron chi connectivity index (χ1n) is 9.46. The van der Waals surface area contributed by atoms with Crippen LogP contribution in [0.2, 0.25) is 0 Å². The van der Waals surface area contributed by atoms with Crippen LogP contribution in [-0.4, -0.2) is 31.7 Å². The summed E-state index contributed by atoms with van der Waals surface area (Å²) in [6.45, 7) is 0. The lowest BCUT2D eigenvalue weighted by molar-refractivity contribution is -0.150. The van der Waals surface area contributed by atoms with Crippen molar-refractivity contribution in [2.75, 3.05) is 5.32 Å². The molecule has 0 fully saturated rings. The highest BCUT2D eigenvalue weighted by molar-refractivity contribution is 5.92. The Bertz CT molecular complexity index is 1380. The van der Waals surface area contributed by atoms with Crippen LogP contribution in [0, 0.1) is 5.82 Å². The van der Waals surface area contributed by atoms with Crippen LogP contribution in [0.25, 0.3) is 28.2 Å². The van der Waals surface area contributed by atoms with Gasteiger partial charge in [0.15, 0.2) is 11.3 Å². The molecule has 3 aromatic heterocycles. The van der Waals surface area contributed by atoms with Gasteiger partial charge in [-0.25, -0.2) is 13.9 Å². The first-order chi connectivity index (χ1) is 15.9. The number of alkyl halides is 6. The third-order valence-corrected chi connectivity index (χ3v) is 4.57. The molecule has 1 N–H and O–H groups in total. The molecule has 34 heavy (non-hydrogen) atoms. The zero-order valence-corrected chi connectivity index (χ0v) is 16.7. The predicted octanol–water partition coefficient (Wildman–Crippen LogP) is 5.51. The molecule has 4 rings (SSSR count). The van der Waals surface area contributed by atoms with Gasteiger partial charge in [-0.2, -0.15) is 31.4 Å². The molecule has 0 aliphatic rings. The molecular formula is C21H12F7N5O. The summed E-state index contributed by atoms with van der Waals surface area (Å²) in [4.78, 5) is 19.2. The zero-order chi connectivity index (χ0) is 24.7. The summed E-state index contributed by atoms with van der Waals surface area (Å²) >= 11 is 0. The van der Waals surface area contributed by atoms with Gasteiger partial charge >= 0.3 is 12.4 Å². The van der Waals surface area contributed by atoms with Gasteiger partial charge in [0.1, 0.15) is 12.2 Å². The van der Waals surface area contributed by atoms with E-state index < -0.39 is 41.9 Å². The predicted molar refractivity (Wildman–Crippen MR) is 106 cm³/mol. The van der Waals surface area contributed by atoms with Gasteiger partial charge in [-0.1, -0.05) is 0 Å². The largest absolute Gasteiger partial charge is 0.434 e. The van der Waals surface area contributed by atoms with Crippen molar-refractivity contribution in [3.8, 4) is 22.5 Å². The number of halogens is 7.